The predicted molar refractivity (Wildman–Crippen MR) is 38.0 cm³/mol. The zero-order valence-electron chi connectivity index (χ0n) is 5.82. The number of carboxylic acids is 1. The Labute approximate surface area is 63.5 Å². The molecule has 1 rings (SSSR count). The molecule has 0 aromatic carbocycles. The molecule has 0 aliphatic carbocycles. The highest BCUT2D eigenvalue weighted by molar-refractivity contribution is 5.67. The molecule has 1 aromatic heterocycles. The third kappa shape index (κ3) is 2.09. The Morgan fingerprint density at radius 3 is 2.91 bits per heavy atom. The standard InChI is InChI=1S/C7H9NO3/c9-6(3-7(10)11)5-1-2-8-4-5/h1-2,4,6,8-9H,3H2,(H,10,11)/t6-/m1/s1. The molecule has 0 aliphatic rings. The van der Waals surface area contributed by atoms with Crippen molar-refractivity contribution < 1.29 is 15.0 Å². The van der Waals surface area contributed by atoms with Crippen LogP contribution in [0.2, 0.25) is 0 Å². The molecule has 0 spiro atoms. The Morgan fingerprint density at radius 2 is 2.45 bits per heavy atom. The van der Waals surface area contributed by atoms with Crippen LogP contribution in [0.15, 0.2) is 18.5 Å². The Bertz CT molecular complexity index is 230. The number of hydrogen-bond donors (Lipinski definition) is 3. The molecule has 1 aromatic rings. The molecule has 0 radical (unpaired) electrons. The number of nitrogens with one attached hydrogen (secondary N) is 1. The smallest absolute Gasteiger partial charge is 0.306 e. The fraction of sp³-hybridized carbons (Fsp3) is 0.286. The quantitative estimate of drug-likeness (QED) is 0.595. The highest BCUT2D eigenvalue weighted by atomic mass is 16.4. The Kier molecular flexibility index (Phi) is 2.28. The molecule has 1 heterocycles. The van der Waals surface area contributed by atoms with E-state index in [-0.39, 0.29) is 6.42 Å². The predicted octanol–water partition coefficient (Wildman–Crippen LogP) is 0.523. The maximum atomic E-state index is 10.1. The lowest BCUT2D eigenvalue weighted by Crippen LogP contribution is -2.04. The molecule has 4 nitrogen and oxygen atoms in total. The SMILES string of the molecule is O=C(O)C[C@@H](O)c1cc[nH]c1. The van der Waals surface area contributed by atoms with Gasteiger partial charge in [0, 0.05) is 12.4 Å². The van der Waals surface area contributed by atoms with Gasteiger partial charge in [-0.1, -0.05) is 0 Å². The number of carboxylic acid groups (broad SMARTS) is 1. The third-order valence-corrected chi connectivity index (χ3v) is 1.37. The third-order valence-electron chi connectivity index (χ3n) is 1.37. The van der Waals surface area contributed by atoms with Gasteiger partial charge in [0.05, 0.1) is 12.5 Å². The zero-order valence-corrected chi connectivity index (χ0v) is 5.82. The second-order valence-corrected chi connectivity index (χ2v) is 2.26. The van der Waals surface area contributed by atoms with Gasteiger partial charge in [-0.05, 0) is 11.6 Å². The summed E-state index contributed by atoms with van der Waals surface area (Å²) < 4.78 is 0. The minimum atomic E-state index is -1.00. The lowest BCUT2D eigenvalue weighted by atomic mass is 10.1. The summed E-state index contributed by atoms with van der Waals surface area (Å²) in [7, 11) is 0. The Balaban J connectivity index is 2.56. The summed E-state index contributed by atoms with van der Waals surface area (Å²) in [6, 6.07) is 1.65. The first kappa shape index (κ1) is 7.81. The van der Waals surface area contributed by atoms with Crippen LogP contribution in [0.4, 0.5) is 0 Å². The fourth-order valence-electron chi connectivity index (χ4n) is 0.827. The lowest BCUT2D eigenvalue weighted by Gasteiger charge is -2.03. The van der Waals surface area contributed by atoms with Gasteiger partial charge in [0.2, 0.25) is 0 Å². The molecule has 3 N–H and O–H groups in total. The van der Waals surface area contributed by atoms with E-state index in [4.69, 9.17) is 5.11 Å². The van der Waals surface area contributed by atoms with E-state index in [2.05, 4.69) is 4.98 Å². The fourth-order valence-corrected chi connectivity index (χ4v) is 0.827. The van der Waals surface area contributed by atoms with Gasteiger partial charge < -0.3 is 15.2 Å². The van der Waals surface area contributed by atoms with Gasteiger partial charge in [0.1, 0.15) is 0 Å². The van der Waals surface area contributed by atoms with Gasteiger partial charge in [-0.15, -0.1) is 0 Å². The minimum Gasteiger partial charge on any atom is -0.481 e. The summed E-state index contributed by atoms with van der Waals surface area (Å²) in [5, 5.41) is 17.5. The molecule has 0 saturated heterocycles. The van der Waals surface area contributed by atoms with Gasteiger partial charge in [-0.3, -0.25) is 4.79 Å². The highest BCUT2D eigenvalue weighted by Gasteiger charge is 2.11. The molecular formula is C7H9NO3. The molecule has 1 atom stereocenters. The van der Waals surface area contributed by atoms with Crippen LogP contribution in [0, 0.1) is 0 Å². The number of rotatable bonds is 3. The van der Waals surface area contributed by atoms with Crippen molar-refractivity contribution in [3.05, 3.63) is 24.0 Å². The summed E-state index contributed by atoms with van der Waals surface area (Å²) in [4.78, 5) is 12.9. The molecule has 0 amide bonds. The van der Waals surface area contributed by atoms with Crippen LogP contribution in [-0.2, 0) is 4.79 Å². The van der Waals surface area contributed by atoms with Crippen molar-refractivity contribution in [1.82, 2.24) is 4.98 Å². The number of aromatic amines is 1. The maximum absolute atomic E-state index is 10.1. The first-order valence-electron chi connectivity index (χ1n) is 3.22. The van der Waals surface area contributed by atoms with Gasteiger partial charge in [0.25, 0.3) is 0 Å². The van der Waals surface area contributed by atoms with Crippen LogP contribution in [0.3, 0.4) is 0 Å². The van der Waals surface area contributed by atoms with E-state index < -0.39 is 12.1 Å². The van der Waals surface area contributed by atoms with Crippen LogP contribution < -0.4 is 0 Å². The van der Waals surface area contributed by atoms with E-state index >= 15 is 0 Å². The van der Waals surface area contributed by atoms with Gasteiger partial charge >= 0.3 is 5.97 Å². The van der Waals surface area contributed by atoms with Gasteiger partial charge in [0.15, 0.2) is 0 Å². The van der Waals surface area contributed by atoms with Gasteiger partial charge in [-0.25, -0.2) is 0 Å². The number of hydrogen-bond acceptors (Lipinski definition) is 2. The van der Waals surface area contributed by atoms with Crippen molar-refractivity contribution >= 4 is 5.97 Å². The average molecular weight is 155 g/mol. The van der Waals surface area contributed by atoms with Crippen LogP contribution in [0.1, 0.15) is 18.1 Å². The zero-order chi connectivity index (χ0) is 8.27. The monoisotopic (exact) mass is 155 g/mol. The average Bonchev–Trinajstić information content (AvgIpc) is 2.35. The second kappa shape index (κ2) is 3.21. The topological polar surface area (TPSA) is 73.3 Å². The summed E-state index contributed by atoms with van der Waals surface area (Å²) in [5.41, 5.74) is 0.604. The minimum absolute atomic E-state index is 0.252. The highest BCUT2D eigenvalue weighted by Crippen LogP contribution is 2.14. The lowest BCUT2D eigenvalue weighted by molar-refractivity contribution is -0.139. The van der Waals surface area contributed by atoms with Crippen molar-refractivity contribution in [2.45, 2.75) is 12.5 Å². The van der Waals surface area contributed by atoms with E-state index in [9.17, 15) is 9.90 Å². The molecule has 0 aliphatic heterocycles. The maximum Gasteiger partial charge on any atom is 0.306 e. The normalized spacial score (nSPS) is 12.8. The molecule has 11 heavy (non-hydrogen) atoms. The van der Waals surface area contributed by atoms with E-state index in [1.54, 1.807) is 18.5 Å². The molecular weight excluding hydrogens is 146 g/mol. The molecule has 4 heteroatoms. The van der Waals surface area contributed by atoms with E-state index in [0.717, 1.165) is 0 Å². The van der Waals surface area contributed by atoms with Crippen LogP contribution in [0.5, 0.6) is 0 Å². The van der Waals surface area contributed by atoms with Crippen molar-refractivity contribution in [2.75, 3.05) is 0 Å². The first-order chi connectivity index (χ1) is 5.20. The van der Waals surface area contributed by atoms with Crippen LogP contribution in [-0.4, -0.2) is 21.2 Å². The van der Waals surface area contributed by atoms with Crippen LogP contribution >= 0.6 is 0 Å². The van der Waals surface area contributed by atoms with Gasteiger partial charge in [-0.2, -0.15) is 0 Å². The number of H-pyrrole nitrogens is 1. The van der Waals surface area contributed by atoms with E-state index in [0.29, 0.717) is 5.56 Å². The first-order valence-corrected chi connectivity index (χ1v) is 3.22. The summed E-state index contributed by atoms with van der Waals surface area (Å²) >= 11 is 0. The van der Waals surface area contributed by atoms with E-state index in [1.807, 2.05) is 0 Å². The summed E-state index contributed by atoms with van der Waals surface area (Å²) in [6.45, 7) is 0. The number of carbonyl (C=O) groups is 1. The Hall–Kier alpha value is -1.29. The second-order valence-electron chi connectivity index (χ2n) is 2.26. The summed E-state index contributed by atoms with van der Waals surface area (Å²) in [5.74, 6) is -1.00. The molecule has 60 valence electrons. The van der Waals surface area contributed by atoms with Crippen LogP contribution in [0.25, 0.3) is 0 Å². The van der Waals surface area contributed by atoms with Crippen molar-refractivity contribution in [3.8, 4) is 0 Å². The number of aliphatic hydroxyl groups excluding tert-OH is 1. The molecule has 0 unspecified atom stereocenters. The number of aliphatic carboxylic acids is 1. The molecule has 0 bridgehead atoms. The molecule has 0 saturated carbocycles. The largest absolute Gasteiger partial charge is 0.481 e. The van der Waals surface area contributed by atoms with E-state index in [1.165, 1.54) is 0 Å². The van der Waals surface area contributed by atoms with Crippen molar-refractivity contribution in [3.63, 3.8) is 0 Å². The summed E-state index contributed by atoms with van der Waals surface area (Å²) in [6.07, 6.45) is 2.06. The molecule has 0 fully saturated rings. The van der Waals surface area contributed by atoms with Crippen molar-refractivity contribution in [2.24, 2.45) is 0 Å². The van der Waals surface area contributed by atoms with Crippen molar-refractivity contribution in [1.29, 1.82) is 0 Å². The Morgan fingerprint density at radius 1 is 1.73 bits per heavy atom. The number of aromatic nitrogens is 1. The number of aliphatic hydroxyl groups is 1.